The molecule has 0 aliphatic carbocycles. The van der Waals surface area contributed by atoms with Crippen LogP contribution in [0, 0.1) is 0 Å². The zero-order valence-corrected chi connectivity index (χ0v) is 11.6. The Labute approximate surface area is 123 Å². The number of benzene rings is 1. The van der Waals surface area contributed by atoms with E-state index < -0.39 is 18.5 Å². The monoisotopic (exact) mass is 319 g/mol. The van der Waals surface area contributed by atoms with Gasteiger partial charge in [-0.3, -0.25) is 5.32 Å². The molecule has 8 heteroatoms. The van der Waals surface area contributed by atoms with E-state index in [1.54, 1.807) is 18.2 Å². The highest BCUT2D eigenvalue weighted by Gasteiger charge is 2.42. The van der Waals surface area contributed by atoms with Gasteiger partial charge in [-0.25, -0.2) is 8.78 Å². The van der Waals surface area contributed by atoms with Crippen LogP contribution in [0.2, 0.25) is 10.0 Å². The highest BCUT2D eigenvalue weighted by atomic mass is 35.5. The van der Waals surface area contributed by atoms with E-state index in [2.05, 4.69) is 15.5 Å². The van der Waals surface area contributed by atoms with Gasteiger partial charge in [0, 0.05) is 6.42 Å². The van der Waals surface area contributed by atoms with E-state index in [-0.39, 0.29) is 18.1 Å². The van der Waals surface area contributed by atoms with Crippen LogP contribution in [0.3, 0.4) is 0 Å². The lowest BCUT2D eigenvalue weighted by Gasteiger charge is -2.04. The van der Waals surface area contributed by atoms with Crippen LogP contribution in [0.4, 0.5) is 8.78 Å². The lowest BCUT2D eigenvalue weighted by molar-refractivity contribution is 0.0200. The van der Waals surface area contributed by atoms with Gasteiger partial charge in [-0.1, -0.05) is 34.4 Å². The van der Waals surface area contributed by atoms with Gasteiger partial charge in [0.25, 0.3) is 5.92 Å². The lowest BCUT2D eigenvalue weighted by Crippen LogP contribution is -2.19. The van der Waals surface area contributed by atoms with Crippen LogP contribution in [-0.2, 0) is 0 Å². The topological polar surface area (TPSA) is 51.0 Å². The van der Waals surface area contributed by atoms with Gasteiger partial charge in [0.15, 0.2) is 0 Å². The molecule has 1 aliphatic rings. The molecule has 1 fully saturated rings. The van der Waals surface area contributed by atoms with Crippen molar-refractivity contribution in [1.82, 2.24) is 15.5 Å². The standard InChI is InChI=1S/C12H9Cl2F2N3O/c13-6-2-1-3-7(14)9(6)10-18-11(20-19-10)8-4-12(15,16)5-17-8/h1-3,8,17H,4-5H2. The molecule has 20 heavy (non-hydrogen) atoms. The molecule has 0 bridgehead atoms. The third kappa shape index (κ3) is 2.51. The number of halogens is 4. The molecule has 106 valence electrons. The molecule has 0 spiro atoms. The second-order valence-corrected chi connectivity index (χ2v) is 5.36. The zero-order valence-electron chi connectivity index (χ0n) is 10.0. The number of nitrogens with zero attached hydrogens (tertiary/aromatic N) is 2. The quantitative estimate of drug-likeness (QED) is 0.916. The molecule has 2 heterocycles. The molecule has 0 radical (unpaired) electrons. The van der Waals surface area contributed by atoms with Crippen LogP contribution in [0.5, 0.6) is 0 Å². The number of hydrogen-bond acceptors (Lipinski definition) is 4. The van der Waals surface area contributed by atoms with Crippen molar-refractivity contribution in [3.63, 3.8) is 0 Å². The molecule has 1 atom stereocenters. The van der Waals surface area contributed by atoms with E-state index >= 15 is 0 Å². The highest BCUT2D eigenvalue weighted by Crippen LogP contribution is 2.36. The average Bonchev–Trinajstić information content (AvgIpc) is 2.96. The van der Waals surface area contributed by atoms with Gasteiger partial charge in [-0.2, -0.15) is 4.98 Å². The van der Waals surface area contributed by atoms with Crippen molar-refractivity contribution < 1.29 is 13.3 Å². The Hall–Kier alpha value is -1.24. The maximum atomic E-state index is 13.1. The van der Waals surface area contributed by atoms with Crippen molar-refractivity contribution in [3.05, 3.63) is 34.1 Å². The van der Waals surface area contributed by atoms with Gasteiger partial charge < -0.3 is 4.52 Å². The Morgan fingerprint density at radius 2 is 2.00 bits per heavy atom. The van der Waals surface area contributed by atoms with Crippen LogP contribution in [0.25, 0.3) is 11.4 Å². The fourth-order valence-electron chi connectivity index (χ4n) is 2.08. The second kappa shape index (κ2) is 4.95. The Bertz CT molecular complexity index is 627. The first kappa shape index (κ1) is 13.7. The summed E-state index contributed by atoms with van der Waals surface area (Å²) in [5.74, 6) is -2.47. The van der Waals surface area contributed by atoms with Crippen molar-refractivity contribution >= 4 is 23.2 Å². The molecule has 0 saturated carbocycles. The molecule has 0 amide bonds. The summed E-state index contributed by atoms with van der Waals surface area (Å²) >= 11 is 12.1. The first-order valence-electron chi connectivity index (χ1n) is 5.85. The highest BCUT2D eigenvalue weighted by molar-refractivity contribution is 6.38. The molecule has 1 aromatic heterocycles. The van der Waals surface area contributed by atoms with Gasteiger partial charge in [0.1, 0.15) is 0 Å². The van der Waals surface area contributed by atoms with Crippen molar-refractivity contribution in [2.45, 2.75) is 18.4 Å². The Kier molecular flexibility index (Phi) is 3.40. The zero-order chi connectivity index (χ0) is 14.3. The van der Waals surface area contributed by atoms with Crippen molar-refractivity contribution in [1.29, 1.82) is 0 Å². The summed E-state index contributed by atoms with van der Waals surface area (Å²) in [5.41, 5.74) is 0.426. The first-order chi connectivity index (χ1) is 9.46. The van der Waals surface area contributed by atoms with Crippen LogP contribution in [-0.4, -0.2) is 22.6 Å². The molecule has 1 saturated heterocycles. The maximum absolute atomic E-state index is 13.1. The molecule has 1 N–H and O–H groups in total. The summed E-state index contributed by atoms with van der Waals surface area (Å²) in [6.45, 7) is -0.401. The van der Waals surface area contributed by atoms with Crippen molar-refractivity contribution in [2.75, 3.05) is 6.54 Å². The summed E-state index contributed by atoms with van der Waals surface area (Å²) < 4.78 is 31.3. The van der Waals surface area contributed by atoms with Gasteiger partial charge in [-0.05, 0) is 12.1 Å². The van der Waals surface area contributed by atoms with Crippen LogP contribution in [0.15, 0.2) is 22.7 Å². The number of alkyl halides is 2. The summed E-state index contributed by atoms with van der Waals surface area (Å²) in [5, 5.41) is 7.15. The normalized spacial score (nSPS) is 21.3. The van der Waals surface area contributed by atoms with E-state index in [4.69, 9.17) is 27.7 Å². The van der Waals surface area contributed by atoms with Crippen molar-refractivity contribution in [3.8, 4) is 11.4 Å². The van der Waals surface area contributed by atoms with E-state index in [0.29, 0.717) is 15.6 Å². The SMILES string of the molecule is FC1(F)CNC(c2nc(-c3c(Cl)cccc3Cl)no2)C1. The van der Waals surface area contributed by atoms with E-state index in [0.717, 1.165) is 0 Å². The number of rotatable bonds is 2. The lowest BCUT2D eigenvalue weighted by atomic mass is 10.2. The fraction of sp³-hybridized carbons (Fsp3) is 0.333. The molecule has 1 unspecified atom stereocenters. The predicted molar refractivity (Wildman–Crippen MR) is 70.1 cm³/mol. The largest absolute Gasteiger partial charge is 0.337 e. The molecular weight excluding hydrogens is 311 g/mol. The van der Waals surface area contributed by atoms with Gasteiger partial charge in [-0.15, -0.1) is 0 Å². The van der Waals surface area contributed by atoms with Crippen LogP contribution in [0.1, 0.15) is 18.4 Å². The number of hydrogen-bond donors (Lipinski definition) is 1. The molecule has 4 nitrogen and oxygen atoms in total. The van der Waals surface area contributed by atoms with Gasteiger partial charge in [0.05, 0.1) is 28.2 Å². The smallest absolute Gasteiger partial charge is 0.262 e. The minimum absolute atomic E-state index is 0.105. The van der Waals surface area contributed by atoms with Gasteiger partial charge in [0.2, 0.25) is 11.7 Å². The molecule has 1 aromatic carbocycles. The predicted octanol–water partition coefficient (Wildman–Crippen LogP) is 3.71. The maximum Gasteiger partial charge on any atom is 0.262 e. The number of aromatic nitrogens is 2. The third-order valence-electron chi connectivity index (χ3n) is 3.04. The fourth-order valence-corrected chi connectivity index (χ4v) is 2.65. The van der Waals surface area contributed by atoms with Crippen LogP contribution < -0.4 is 5.32 Å². The Morgan fingerprint density at radius 3 is 2.60 bits per heavy atom. The molecule has 3 rings (SSSR count). The summed E-state index contributed by atoms with van der Waals surface area (Å²) in [6.07, 6.45) is -0.370. The first-order valence-corrected chi connectivity index (χ1v) is 6.61. The Morgan fingerprint density at radius 1 is 1.30 bits per heavy atom. The number of nitrogens with one attached hydrogen (secondary N) is 1. The minimum atomic E-state index is -2.76. The summed E-state index contributed by atoms with van der Waals surface area (Å²) in [4.78, 5) is 4.11. The second-order valence-electron chi connectivity index (χ2n) is 4.55. The van der Waals surface area contributed by atoms with E-state index in [1.165, 1.54) is 0 Å². The van der Waals surface area contributed by atoms with E-state index in [1.807, 2.05) is 0 Å². The van der Waals surface area contributed by atoms with Crippen LogP contribution >= 0.6 is 23.2 Å². The molecular formula is C12H9Cl2F2N3O. The third-order valence-corrected chi connectivity index (χ3v) is 3.67. The minimum Gasteiger partial charge on any atom is -0.337 e. The van der Waals surface area contributed by atoms with E-state index in [9.17, 15) is 8.78 Å². The van der Waals surface area contributed by atoms with Crippen molar-refractivity contribution in [2.24, 2.45) is 0 Å². The molecule has 1 aliphatic heterocycles. The average molecular weight is 320 g/mol. The molecule has 2 aromatic rings. The summed E-state index contributed by atoms with van der Waals surface area (Å²) in [6, 6.07) is 4.31. The summed E-state index contributed by atoms with van der Waals surface area (Å²) in [7, 11) is 0. The van der Waals surface area contributed by atoms with Gasteiger partial charge >= 0.3 is 0 Å². The Balaban J connectivity index is 1.91.